The highest BCUT2D eigenvalue weighted by atomic mass is 16.5. The van der Waals surface area contributed by atoms with Crippen LogP contribution in [0.2, 0.25) is 0 Å². The Kier molecular flexibility index (Phi) is 2.33. The first-order valence-electron chi connectivity index (χ1n) is 8.96. The number of H-pyrrole nitrogens is 1. The number of fused-ring (bicyclic) bond motifs is 3. The van der Waals surface area contributed by atoms with E-state index in [1.807, 2.05) is 0 Å². The van der Waals surface area contributed by atoms with Gasteiger partial charge in [0, 0.05) is 42.0 Å². The molecule has 3 atom stereocenters. The van der Waals surface area contributed by atoms with Crippen molar-refractivity contribution in [3.8, 4) is 0 Å². The molecule has 0 radical (unpaired) electrons. The van der Waals surface area contributed by atoms with Crippen molar-refractivity contribution in [3.05, 3.63) is 36.0 Å². The van der Waals surface area contributed by atoms with Crippen LogP contribution in [0.15, 0.2) is 30.4 Å². The molecule has 4 nitrogen and oxygen atoms in total. The smallest absolute Gasteiger partial charge is 0.340 e. The summed E-state index contributed by atoms with van der Waals surface area (Å²) < 4.78 is 29.4. The molecule has 0 amide bonds. The molecule has 2 aromatic rings. The van der Waals surface area contributed by atoms with Crippen LogP contribution in [0, 0.1) is 0 Å². The number of nitrogens with zero attached hydrogens (tertiary/aromatic N) is 1. The minimum absolute atomic E-state index is 0.0438. The second kappa shape index (κ2) is 4.88. The van der Waals surface area contributed by atoms with Crippen LogP contribution in [0.5, 0.6) is 0 Å². The number of esters is 1. The molecule has 110 valence electrons. The maximum atomic E-state index is 12.6. The van der Waals surface area contributed by atoms with Crippen LogP contribution in [0.25, 0.3) is 10.9 Å². The standard InChI is InChI=1S/C17H20N2O2/c1-19-11-6-7-12(19)9-13(8-11)21-17(20)15-10-18-16-5-3-2-4-14(15)16/h2-5,10-13,18H,6-9H2,1H3/t11-,12?,13?/m1/s1/i2D,4D,5D. The molecule has 4 heteroatoms. The third kappa shape index (κ3) is 2.14. The lowest BCUT2D eigenvalue weighted by molar-refractivity contribution is -0.000258. The SMILES string of the molecule is [2H]c1cc([2H])c2[nH]cc(C(=O)OC3CC4CC[C@H](C3)N4C)c2c1[2H]. The number of benzene rings is 1. The molecule has 21 heavy (non-hydrogen) atoms. The van der Waals surface area contributed by atoms with E-state index in [1.54, 1.807) is 0 Å². The van der Waals surface area contributed by atoms with Gasteiger partial charge in [-0.05, 0) is 25.9 Å². The number of nitrogens with one attached hydrogen (secondary N) is 1. The zero-order chi connectivity index (χ0) is 17.0. The monoisotopic (exact) mass is 287 g/mol. The van der Waals surface area contributed by atoms with E-state index in [0.717, 1.165) is 25.7 Å². The number of hydrogen-bond acceptors (Lipinski definition) is 3. The molecule has 1 aromatic heterocycles. The number of carbonyl (C=O) groups is 1. The lowest BCUT2D eigenvalue weighted by Crippen LogP contribution is -2.43. The van der Waals surface area contributed by atoms with Gasteiger partial charge in [0.25, 0.3) is 0 Å². The number of aromatic nitrogens is 1. The maximum Gasteiger partial charge on any atom is 0.340 e. The van der Waals surface area contributed by atoms with Crippen molar-refractivity contribution in [2.24, 2.45) is 0 Å². The highest BCUT2D eigenvalue weighted by molar-refractivity contribution is 6.04. The van der Waals surface area contributed by atoms with Gasteiger partial charge < -0.3 is 14.6 Å². The maximum absolute atomic E-state index is 12.6. The van der Waals surface area contributed by atoms with Crippen molar-refractivity contribution in [2.45, 2.75) is 43.9 Å². The molecule has 4 rings (SSSR count). The fraction of sp³-hybridized carbons (Fsp3) is 0.471. The lowest BCUT2D eigenvalue weighted by atomic mass is 10.0. The molecule has 2 bridgehead atoms. The van der Waals surface area contributed by atoms with E-state index in [-0.39, 0.29) is 29.8 Å². The molecule has 2 aliphatic heterocycles. The van der Waals surface area contributed by atoms with Gasteiger partial charge >= 0.3 is 5.97 Å². The highest BCUT2D eigenvalue weighted by Gasteiger charge is 2.40. The Morgan fingerprint density at radius 1 is 1.38 bits per heavy atom. The first-order valence-corrected chi connectivity index (χ1v) is 7.46. The van der Waals surface area contributed by atoms with Gasteiger partial charge in [-0.3, -0.25) is 0 Å². The number of para-hydroxylation sites is 1. The van der Waals surface area contributed by atoms with Crippen LogP contribution in [0.1, 0.15) is 40.2 Å². The molecule has 2 saturated heterocycles. The average molecular weight is 287 g/mol. The molecule has 2 fully saturated rings. The van der Waals surface area contributed by atoms with Crippen molar-refractivity contribution in [3.63, 3.8) is 0 Å². The van der Waals surface area contributed by atoms with E-state index in [2.05, 4.69) is 16.9 Å². The number of ether oxygens (including phenoxy) is 1. The summed E-state index contributed by atoms with van der Waals surface area (Å²) in [6.07, 6.45) is 5.41. The molecular weight excluding hydrogens is 264 g/mol. The fourth-order valence-electron chi connectivity index (χ4n) is 3.72. The average Bonchev–Trinajstić information content (AvgIpc) is 3.05. The number of aromatic amines is 1. The quantitative estimate of drug-likeness (QED) is 0.864. The van der Waals surface area contributed by atoms with Crippen LogP contribution >= 0.6 is 0 Å². The number of piperidine rings is 1. The third-order valence-electron chi connectivity index (χ3n) is 4.91. The van der Waals surface area contributed by atoms with Gasteiger partial charge in [0.05, 0.1) is 9.68 Å². The Hall–Kier alpha value is -1.81. The molecule has 1 aromatic carbocycles. The molecule has 2 aliphatic rings. The van der Waals surface area contributed by atoms with E-state index in [1.165, 1.54) is 12.3 Å². The number of hydrogen-bond donors (Lipinski definition) is 1. The first kappa shape index (κ1) is 10.0. The molecule has 0 spiro atoms. The van der Waals surface area contributed by atoms with E-state index < -0.39 is 5.97 Å². The summed E-state index contributed by atoms with van der Waals surface area (Å²) in [5, 5.41) is 0.313. The summed E-state index contributed by atoms with van der Waals surface area (Å²) in [4.78, 5) is 17.9. The molecule has 0 aliphatic carbocycles. The number of carbonyl (C=O) groups excluding carboxylic acids is 1. The van der Waals surface area contributed by atoms with E-state index >= 15 is 0 Å². The van der Waals surface area contributed by atoms with Crippen molar-refractivity contribution < 1.29 is 13.6 Å². The van der Waals surface area contributed by atoms with Crippen LogP contribution in [-0.2, 0) is 4.74 Å². The van der Waals surface area contributed by atoms with E-state index in [0.29, 0.717) is 23.0 Å². The topological polar surface area (TPSA) is 45.3 Å². The fourth-order valence-corrected chi connectivity index (χ4v) is 3.72. The van der Waals surface area contributed by atoms with Crippen molar-refractivity contribution in [1.82, 2.24) is 9.88 Å². The first-order chi connectivity index (χ1) is 11.5. The van der Waals surface area contributed by atoms with Gasteiger partial charge in [0.1, 0.15) is 6.10 Å². The highest BCUT2D eigenvalue weighted by Crippen LogP contribution is 2.35. The number of rotatable bonds is 2. The Morgan fingerprint density at radius 3 is 2.90 bits per heavy atom. The predicted octanol–water partition coefficient (Wildman–Crippen LogP) is 2.95. The summed E-state index contributed by atoms with van der Waals surface area (Å²) in [6, 6.07) is 2.29. The van der Waals surface area contributed by atoms with Crippen LogP contribution in [0.4, 0.5) is 0 Å². The molecule has 3 heterocycles. The van der Waals surface area contributed by atoms with Gasteiger partial charge in [0.15, 0.2) is 0 Å². The van der Waals surface area contributed by atoms with Crippen molar-refractivity contribution in [1.29, 1.82) is 0 Å². The zero-order valence-electron chi connectivity index (χ0n) is 15.0. The Bertz CT molecular complexity index is 806. The minimum atomic E-state index is -0.464. The summed E-state index contributed by atoms with van der Waals surface area (Å²) in [5.74, 6) is -0.464. The molecule has 0 saturated carbocycles. The van der Waals surface area contributed by atoms with Crippen LogP contribution in [0.3, 0.4) is 0 Å². The zero-order valence-corrected chi connectivity index (χ0v) is 12.0. The van der Waals surface area contributed by atoms with Crippen molar-refractivity contribution >= 4 is 16.9 Å². The van der Waals surface area contributed by atoms with Gasteiger partial charge in [0.2, 0.25) is 0 Å². The van der Waals surface area contributed by atoms with E-state index in [4.69, 9.17) is 8.85 Å². The molecule has 2 unspecified atom stereocenters. The van der Waals surface area contributed by atoms with Gasteiger partial charge in [-0.1, -0.05) is 18.2 Å². The summed E-state index contributed by atoms with van der Waals surface area (Å²) in [7, 11) is 2.14. The minimum Gasteiger partial charge on any atom is -0.459 e. The summed E-state index contributed by atoms with van der Waals surface area (Å²) in [5.41, 5.74) is 0.662. The van der Waals surface area contributed by atoms with Gasteiger partial charge in [-0.25, -0.2) is 4.79 Å². The Labute approximate surface area is 128 Å². The van der Waals surface area contributed by atoms with Gasteiger partial charge in [-0.2, -0.15) is 0 Å². The Morgan fingerprint density at radius 2 is 2.14 bits per heavy atom. The molecule has 1 N–H and O–H groups in total. The second-order valence-corrected chi connectivity index (χ2v) is 6.06. The third-order valence-corrected chi connectivity index (χ3v) is 4.91. The normalized spacial score (nSPS) is 30.9. The Balaban J connectivity index is 1.61. The van der Waals surface area contributed by atoms with Gasteiger partial charge in [-0.15, -0.1) is 0 Å². The van der Waals surface area contributed by atoms with Crippen LogP contribution < -0.4 is 0 Å². The lowest BCUT2D eigenvalue weighted by Gasteiger charge is -2.35. The predicted molar refractivity (Wildman–Crippen MR) is 81.3 cm³/mol. The summed E-state index contributed by atoms with van der Waals surface area (Å²) >= 11 is 0. The summed E-state index contributed by atoms with van der Waals surface area (Å²) in [6.45, 7) is 0. The van der Waals surface area contributed by atoms with E-state index in [9.17, 15) is 4.79 Å². The largest absolute Gasteiger partial charge is 0.459 e. The van der Waals surface area contributed by atoms with Crippen molar-refractivity contribution in [2.75, 3.05) is 7.05 Å². The van der Waals surface area contributed by atoms with Crippen LogP contribution in [-0.4, -0.2) is 41.1 Å². The second-order valence-electron chi connectivity index (χ2n) is 6.06. The molecular formula is C17H20N2O2.